The molecule has 0 aliphatic carbocycles. The number of carbonyl (C=O) groups is 2. The smallest absolute Gasteiger partial charge is 0.410 e. The van der Waals surface area contributed by atoms with Crippen molar-refractivity contribution in [2.75, 3.05) is 18.5 Å². The summed E-state index contributed by atoms with van der Waals surface area (Å²) in [5, 5.41) is 0.290. The summed E-state index contributed by atoms with van der Waals surface area (Å²) in [5.74, 6) is 0.267. The first-order valence-corrected chi connectivity index (χ1v) is 6.76. The third-order valence-corrected chi connectivity index (χ3v) is 3.45. The zero-order valence-electron chi connectivity index (χ0n) is 9.74. The summed E-state index contributed by atoms with van der Waals surface area (Å²) in [6.45, 7) is 4.74. The maximum absolute atomic E-state index is 11.8. The molecule has 5 heteroatoms. The third-order valence-electron chi connectivity index (χ3n) is 2.90. The first-order chi connectivity index (χ1) is 7.61. The molecular formula is C11H18BrNO3. The summed E-state index contributed by atoms with van der Waals surface area (Å²) in [6, 6.07) is -0.327. The van der Waals surface area contributed by atoms with Gasteiger partial charge in [-0.15, -0.1) is 0 Å². The first kappa shape index (κ1) is 13.5. The van der Waals surface area contributed by atoms with Gasteiger partial charge in [0.1, 0.15) is 0 Å². The Morgan fingerprint density at radius 1 is 1.50 bits per heavy atom. The van der Waals surface area contributed by atoms with Gasteiger partial charge in [0.15, 0.2) is 5.78 Å². The van der Waals surface area contributed by atoms with Crippen LogP contribution in [0, 0.1) is 5.92 Å². The molecule has 0 radical (unpaired) electrons. The van der Waals surface area contributed by atoms with Gasteiger partial charge in [0.25, 0.3) is 0 Å². The fraction of sp³-hybridized carbons (Fsp3) is 0.818. The second-order valence-electron chi connectivity index (χ2n) is 4.06. The number of nitrogens with zero attached hydrogens (tertiary/aromatic N) is 1. The van der Waals surface area contributed by atoms with E-state index in [1.54, 1.807) is 11.8 Å². The van der Waals surface area contributed by atoms with Crippen molar-refractivity contribution >= 4 is 27.8 Å². The van der Waals surface area contributed by atoms with Crippen LogP contribution >= 0.6 is 15.9 Å². The molecule has 0 aromatic heterocycles. The summed E-state index contributed by atoms with van der Waals surface area (Å²) >= 11 is 3.17. The molecule has 0 aromatic carbocycles. The average molecular weight is 292 g/mol. The van der Waals surface area contributed by atoms with Crippen LogP contribution < -0.4 is 0 Å². The van der Waals surface area contributed by atoms with Gasteiger partial charge in [-0.25, -0.2) is 4.79 Å². The SMILES string of the molecule is CCOC(=O)N1CCCC(C)C1C(=O)CBr. The summed E-state index contributed by atoms with van der Waals surface area (Å²) in [4.78, 5) is 25.1. The van der Waals surface area contributed by atoms with Crippen molar-refractivity contribution in [1.82, 2.24) is 4.90 Å². The molecule has 0 aromatic rings. The second kappa shape index (κ2) is 6.23. The van der Waals surface area contributed by atoms with Gasteiger partial charge in [0.05, 0.1) is 18.0 Å². The van der Waals surface area contributed by atoms with E-state index >= 15 is 0 Å². The van der Waals surface area contributed by atoms with Crippen molar-refractivity contribution in [3.8, 4) is 0 Å². The number of likely N-dealkylation sites (tertiary alicyclic amines) is 1. The van der Waals surface area contributed by atoms with E-state index in [-0.39, 0.29) is 29.2 Å². The van der Waals surface area contributed by atoms with E-state index in [0.717, 1.165) is 12.8 Å². The van der Waals surface area contributed by atoms with Crippen molar-refractivity contribution < 1.29 is 14.3 Å². The fourth-order valence-electron chi connectivity index (χ4n) is 2.17. The lowest BCUT2D eigenvalue weighted by Crippen LogP contribution is -2.52. The minimum absolute atomic E-state index is 0.0558. The van der Waals surface area contributed by atoms with Gasteiger partial charge < -0.3 is 4.74 Å². The average Bonchev–Trinajstić information content (AvgIpc) is 2.28. The lowest BCUT2D eigenvalue weighted by atomic mass is 9.89. The van der Waals surface area contributed by atoms with Gasteiger partial charge >= 0.3 is 6.09 Å². The molecule has 0 spiro atoms. The third kappa shape index (κ3) is 2.97. The van der Waals surface area contributed by atoms with Gasteiger partial charge in [-0.05, 0) is 25.7 Å². The first-order valence-electron chi connectivity index (χ1n) is 5.63. The molecule has 1 heterocycles. The molecule has 4 nitrogen and oxygen atoms in total. The molecule has 2 atom stereocenters. The highest BCUT2D eigenvalue weighted by atomic mass is 79.9. The van der Waals surface area contributed by atoms with Crippen molar-refractivity contribution in [1.29, 1.82) is 0 Å². The van der Waals surface area contributed by atoms with Crippen LogP contribution in [0.15, 0.2) is 0 Å². The molecule has 0 saturated carbocycles. The Kier molecular flexibility index (Phi) is 5.25. The summed E-state index contributed by atoms with van der Waals surface area (Å²) in [5.41, 5.74) is 0. The van der Waals surface area contributed by atoms with Crippen molar-refractivity contribution in [2.45, 2.75) is 32.7 Å². The van der Waals surface area contributed by atoms with E-state index < -0.39 is 0 Å². The highest BCUT2D eigenvalue weighted by Gasteiger charge is 2.36. The number of rotatable bonds is 3. The van der Waals surface area contributed by atoms with Crippen LogP contribution in [0.2, 0.25) is 0 Å². The van der Waals surface area contributed by atoms with Crippen molar-refractivity contribution in [2.24, 2.45) is 5.92 Å². The molecule has 1 aliphatic heterocycles. The molecule has 1 amide bonds. The Bertz CT molecular complexity index is 270. The van der Waals surface area contributed by atoms with E-state index in [1.807, 2.05) is 6.92 Å². The molecule has 1 saturated heterocycles. The second-order valence-corrected chi connectivity index (χ2v) is 4.62. The molecule has 92 valence electrons. The number of ketones is 1. The zero-order chi connectivity index (χ0) is 12.1. The maximum Gasteiger partial charge on any atom is 0.410 e. The number of ether oxygens (including phenoxy) is 1. The predicted octanol–water partition coefficient (Wildman–Crippen LogP) is 2.21. The van der Waals surface area contributed by atoms with Crippen LogP contribution in [0.4, 0.5) is 4.79 Å². The molecular weight excluding hydrogens is 274 g/mol. The van der Waals surface area contributed by atoms with Crippen LogP contribution in [0.1, 0.15) is 26.7 Å². The molecule has 1 rings (SSSR count). The number of hydrogen-bond donors (Lipinski definition) is 0. The normalized spacial score (nSPS) is 25.3. The molecule has 16 heavy (non-hydrogen) atoms. The molecule has 1 fully saturated rings. The van der Waals surface area contributed by atoms with Crippen LogP contribution in [-0.4, -0.2) is 41.3 Å². The highest BCUT2D eigenvalue weighted by Crippen LogP contribution is 2.25. The van der Waals surface area contributed by atoms with E-state index in [2.05, 4.69) is 15.9 Å². The number of carbonyl (C=O) groups excluding carboxylic acids is 2. The topological polar surface area (TPSA) is 46.6 Å². The minimum atomic E-state index is -0.367. The van der Waals surface area contributed by atoms with Crippen LogP contribution in [0.5, 0.6) is 0 Å². The van der Waals surface area contributed by atoms with E-state index in [1.165, 1.54) is 0 Å². The summed E-state index contributed by atoms with van der Waals surface area (Å²) in [7, 11) is 0. The highest BCUT2D eigenvalue weighted by molar-refractivity contribution is 9.09. The Labute approximate surface area is 104 Å². The van der Waals surface area contributed by atoms with Gasteiger partial charge in [0, 0.05) is 6.54 Å². The molecule has 2 unspecified atom stereocenters. The zero-order valence-corrected chi connectivity index (χ0v) is 11.3. The van der Waals surface area contributed by atoms with E-state index in [9.17, 15) is 9.59 Å². The van der Waals surface area contributed by atoms with Crippen molar-refractivity contribution in [3.05, 3.63) is 0 Å². The van der Waals surface area contributed by atoms with Gasteiger partial charge in [-0.2, -0.15) is 0 Å². The monoisotopic (exact) mass is 291 g/mol. The number of alkyl halides is 1. The van der Waals surface area contributed by atoms with Crippen molar-refractivity contribution in [3.63, 3.8) is 0 Å². The van der Waals surface area contributed by atoms with Gasteiger partial charge in [0.2, 0.25) is 0 Å². The maximum atomic E-state index is 11.8. The molecule has 1 aliphatic rings. The quantitative estimate of drug-likeness (QED) is 0.749. The standard InChI is InChI=1S/C11H18BrNO3/c1-3-16-11(15)13-6-4-5-8(2)10(13)9(14)7-12/h8,10H,3-7H2,1-2H3. The number of Topliss-reactive ketones (excluding diaryl/α,β-unsaturated/α-hetero) is 1. The lowest BCUT2D eigenvalue weighted by Gasteiger charge is -2.37. The fourth-order valence-corrected chi connectivity index (χ4v) is 2.50. The minimum Gasteiger partial charge on any atom is -0.450 e. The number of amides is 1. The Morgan fingerprint density at radius 2 is 2.19 bits per heavy atom. The lowest BCUT2D eigenvalue weighted by molar-refractivity contribution is -0.124. The number of halogens is 1. The van der Waals surface area contributed by atoms with E-state index in [4.69, 9.17) is 4.74 Å². The number of piperidine rings is 1. The van der Waals surface area contributed by atoms with Gasteiger partial charge in [-0.3, -0.25) is 9.69 Å². The predicted molar refractivity (Wildman–Crippen MR) is 64.7 cm³/mol. The van der Waals surface area contributed by atoms with Gasteiger partial charge in [-0.1, -0.05) is 22.9 Å². The Hall–Kier alpha value is -0.580. The largest absolute Gasteiger partial charge is 0.450 e. The molecule has 0 N–H and O–H groups in total. The van der Waals surface area contributed by atoms with E-state index in [0.29, 0.717) is 13.2 Å². The Balaban J connectivity index is 2.78. The van der Waals surface area contributed by atoms with Crippen LogP contribution in [0.25, 0.3) is 0 Å². The summed E-state index contributed by atoms with van der Waals surface area (Å²) in [6.07, 6.45) is 1.55. The van der Waals surface area contributed by atoms with Crippen LogP contribution in [0.3, 0.4) is 0 Å². The molecule has 0 bridgehead atoms. The Morgan fingerprint density at radius 3 is 2.75 bits per heavy atom. The summed E-state index contributed by atoms with van der Waals surface area (Å²) < 4.78 is 4.97. The number of hydrogen-bond acceptors (Lipinski definition) is 3. The van der Waals surface area contributed by atoms with Crippen LogP contribution in [-0.2, 0) is 9.53 Å².